The predicted octanol–water partition coefficient (Wildman–Crippen LogP) is 2.63. The van der Waals surface area contributed by atoms with Gasteiger partial charge in [-0.3, -0.25) is 4.98 Å². The zero-order valence-electron chi connectivity index (χ0n) is 11.8. The minimum absolute atomic E-state index is 0.325. The Morgan fingerprint density at radius 3 is 2.32 bits per heavy atom. The monoisotopic (exact) mass is 279 g/mol. The summed E-state index contributed by atoms with van der Waals surface area (Å²) in [5.74, 6) is 0.487. The molecule has 1 fully saturated rings. The van der Waals surface area contributed by atoms with Crippen LogP contribution in [0.1, 0.15) is 33.4 Å². The van der Waals surface area contributed by atoms with Crippen LogP contribution in [-0.4, -0.2) is 29.2 Å². The molecule has 3 nitrogen and oxygen atoms in total. The van der Waals surface area contributed by atoms with E-state index >= 15 is 0 Å². The molecule has 5 heteroatoms. The van der Waals surface area contributed by atoms with Crippen LogP contribution in [0.3, 0.4) is 0 Å². The summed E-state index contributed by atoms with van der Waals surface area (Å²) >= 11 is 5.59. The van der Waals surface area contributed by atoms with Crippen LogP contribution in [0.4, 0.5) is 0 Å². The van der Waals surface area contributed by atoms with Crippen LogP contribution in [0.5, 0.6) is 0 Å². The Labute approximate surface area is 120 Å². The molecule has 0 saturated carbocycles. The minimum atomic E-state index is -0.358. The lowest BCUT2D eigenvalue weighted by Gasteiger charge is -2.32. The molecular weight excluding hydrogens is 260 g/mol. The molecule has 1 aromatic rings. The largest absolute Gasteiger partial charge is 0.496 e. The first-order valence-corrected chi connectivity index (χ1v) is 6.93. The normalized spacial score (nSPS) is 21.2. The average molecular weight is 280 g/mol. The number of hydrogen-bond donors (Lipinski definition) is 0. The summed E-state index contributed by atoms with van der Waals surface area (Å²) in [6, 6.07) is 3.91. The van der Waals surface area contributed by atoms with Crippen LogP contribution >= 0.6 is 11.6 Å². The highest BCUT2D eigenvalue weighted by molar-refractivity contribution is 6.62. The highest BCUT2D eigenvalue weighted by atomic mass is 35.5. The quantitative estimate of drug-likeness (QED) is 0.630. The summed E-state index contributed by atoms with van der Waals surface area (Å²) in [5, 5.41) is 0. The summed E-state index contributed by atoms with van der Waals surface area (Å²) in [6.45, 7) is 8.16. The Kier molecular flexibility index (Phi) is 4.04. The van der Waals surface area contributed by atoms with E-state index in [9.17, 15) is 0 Å². The molecule has 1 aliphatic heterocycles. The van der Waals surface area contributed by atoms with Crippen LogP contribution < -0.4 is 5.46 Å². The Bertz CT molecular complexity index is 455. The topological polar surface area (TPSA) is 31.4 Å². The molecule has 0 atom stereocenters. The maximum Gasteiger partial charge on any atom is 0.496 e. The smallest absolute Gasteiger partial charge is 0.399 e. The van der Waals surface area contributed by atoms with Crippen molar-refractivity contribution in [2.75, 3.05) is 5.88 Å². The highest BCUT2D eigenvalue weighted by Crippen LogP contribution is 2.36. The molecule has 1 aliphatic rings. The molecule has 0 aromatic carbocycles. The van der Waals surface area contributed by atoms with E-state index in [-0.39, 0.29) is 18.3 Å². The van der Waals surface area contributed by atoms with Gasteiger partial charge in [0.2, 0.25) is 0 Å². The lowest BCUT2D eigenvalue weighted by molar-refractivity contribution is 0.00578. The van der Waals surface area contributed by atoms with E-state index in [1.165, 1.54) is 0 Å². The van der Waals surface area contributed by atoms with Crippen molar-refractivity contribution in [3.63, 3.8) is 0 Å². The third-order valence-corrected chi connectivity index (χ3v) is 3.89. The minimum Gasteiger partial charge on any atom is -0.399 e. The van der Waals surface area contributed by atoms with Crippen molar-refractivity contribution < 1.29 is 9.31 Å². The number of hydrogen-bond acceptors (Lipinski definition) is 3. The van der Waals surface area contributed by atoms with Gasteiger partial charge in [0.1, 0.15) is 0 Å². The molecule has 2 heterocycles. The van der Waals surface area contributed by atoms with Gasteiger partial charge in [-0.1, -0.05) is 12.1 Å². The standard InChI is InChI=1S/C14H19BClNO2/c1-13(2)14(3,4)19-15(18-13)11-7-8-12(17-10-11)6-5-9-16/h5-8,10H,9H2,1-4H3. The summed E-state index contributed by atoms with van der Waals surface area (Å²) < 4.78 is 11.9. The second-order valence-corrected chi connectivity index (χ2v) is 5.97. The van der Waals surface area contributed by atoms with Gasteiger partial charge >= 0.3 is 7.12 Å². The van der Waals surface area contributed by atoms with E-state index in [0.29, 0.717) is 5.88 Å². The van der Waals surface area contributed by atoms with Crippen LogP contribution in [0.15, 0.2) is 24.4 Å². The lowest BCUT2D eigenvalue weighted by atomic mass is 9.80. The van der Waals surface area contributed by atoms with Gasteiger partial charge in [0.25, 0.3) is 0 Å². The van der Waals surface area contributed by atoms with Crippen molar-refractivity contribution in [2.24, 2.45) is 0 Å². The fraction of sp³-hybridized carbons (Fsp3) is 0.500. The molecule has 2 rings (SSSR count). The van der Waals surface area contributed by atoms with Gasteiger partial charge in [-0.05, 0) is 39.8 Å². The second kappa shape index (κ2) is 5.27. The SMILES string of the molecule is CC1(C)OB(c2ccc(C=CCCl)nc2)OC1(C)C. The van der Waals surface area contributed by atoms with E-state index in [4.69, 9.17) is 20.9 Å². The average Bonchev–Trinajstić information content (AvgIpc) is 2.56. The van der Waals surface area contributed by atoms with Crippen molar-refractivity contribution in [1.29, 1.82) is 0 Å². The van der Waals surface area contributed by atoms with E-state index in [0.717, 1.165) is 11.2 Å². The zero-order valence-corrected chi connectivity index (χ0v) is 12.6. The molecule has 0 aliphatic carbocycles. The number of alkyl halides is 1. The molecular formula is C14H19BClNO2. The van der Waals surface area contributed by atoms with Crippen molar-refractivity contribution in [2.45, 2.75) is 38.9 Å². The van der Waals surface area contributed by atoms with Gasteiger partial charge in [0.05, 0.1) is 16.9 Å². The van der Waals surface area contributed by atoms with Crippen LogP contribution in [0, 0.1) is 0 Å². The number of allylic oxidation sites excluding steroid dienone is 1. The van der Waals surface area contributed by atoms with Crippen LogP contribution in [-0.2, 0) is 9.31 Å². The molecule has 0 spiro atoms. The Morgan fingerprint density at radius 2 is 1.84 bits per heavy atom. The van der Waals surface area contributed by atoms with Crippen molar-refractivity contribution >= 4 is 30.3 Å². The summed E-state index contributed by atoms with van der Waals surface area (Å²) in [4.78, 5) is 4.35. The summed E-state index contributed by atoms with van der Waals surface area (Å²) in [6.07, 6.45) is 5.54. The van der Waals surface area contributed by atoms with E-state index in [1.54, 1.807) is 6.20 Å². The highest BCUT2D eigenvalue weighted by Gasteiger charge is 2.51. The molecule has 1 saturated heterocycles. The first kappa shape index (κ1) is 14.6. The number of rotatable bonds is 3. The van der Waals surface area contributed by atoms with Gasteiger partial charge in [-0.2, -0.15) is 0 Å². The van der Waals surface area contributed by atoms with Gasteiger partial charge in [-0.15, -0.1) is 11.6 Å². The van der Waals surface area contributed by atoms with Crippen molar-refractivity contribution in [1.82, 2.24) is 4.98 Å². The summed E-state index contributed by atoms with van der Waals surface area (Å²) in [7, 11) is -0.358. The zero-order chi connectivity index (χ0) is 14.1. The van der Waals surface area contributed by atoms with Gasteiger partial charge in [0, 0.05) is 17.5 Å². The third kappa shape index (κ3) is 3.02. The van der Waals surface area contributed by atoms with Crippen LogP contribution in [0.2, 0.25) is 0 Å². The molecule has 19 heavy (non-hydrogen) atoms. The predicted molar refractivity (Wildman–Crippen MR) is 79.7 cm³/mol. The maximum atomic E-state index is 5.97. The second-order valence-electron chi connectivity index (χ2n) is 5.66. The Balaban J connectivity index is 2.14. The molecule has 0 radical (unpaired) electrons. The molecule has 0 amide bonds. The summed E-state index contributed by atoms with van der Waals surface area (Å²) in [5.41, 5.74) is 1.16. The fourth-order valence-electron chi connectivity index (χ4n) is 1.80. The van der Waals surface area contributed by atoms with E-state index in [2.05, 4.69) is 4.98 Å². The lowest BCUT2D eigenvalue weighted by Crippen LogP contribution is -2.41. The van der Waals surface area contributed by atoms with Crippen molar-refractivity contribution in [3.05, 3.63) is 30.1 Å². The Hall–Kier alpha value is -0.835. The number of pyridine rings is 1. The molecule has 1 aromatic heterocycles. The van der Waals surface area contributed by atoms with E-state index < -0.39 is 0 Å². The van der Waals surface area contributed by atoms with Gasteiger partial charge < -0.3 is 9.31 Å². The Morgan fingerprint density at radius 1 is 1.21 bits per heavy atom. The molecule has 0 bridgehead atoms. The molecule has 0 N–H and O–H groups in total. The fourth-order valence-corrected chi connectivity index (χ4v) is 1.89. The molecule has 0 unspecified atom stereocenters. The third-order valence-electron chi connectivity index (χ3n) is 3.71. The molecule has 102 valence electrons. The van der Waals surface area contributed by atoms with E-state index in [1.807, 2.05) is 52.0 Å². The van der Waals surface area contributed by atoms with Crippen LogP contribution in [0.25, 0.3) is 6.08 Å². The van der Waals surface area contributed by atoms with Gasteiger partial charge in [-0.25, -0.2) is 0 Å². The van der Waals surface area contributed by atoms with Crippen molar-refractivity contribution in [3.8, 4) is 0 Å². The maximum absolute atomic E-state index is 5.97. The first-order chi connectivity index (χ1) is 8.86. The number of halogens is 1. The number of aromatic nitrogens is 1. The van der Waals surface area contributed by atoms with Gasteiger partial charge in [0.15, 0.2) is 0 Å². The first-order valence-electron chi connectivity index (χ1n) is 6.40. The number of nitrogens with zero attached hydrogens (tertiary/aromatic N) is 1.